The molecule has 1 amide bonds. The Hall–Kier alpha value is -1.64. The highest BCUT2D eigenvalue weighted by Crippen LogP contribution is 1.99. The zero-order chi connectivity index (χ0) is 8.27. The van der Waals surface area contributed by atoms with E-state index in [1.807, 2.05) is 0 Å². The van der Waals surface area contributed by atoms with Crippen LogP contribution >= 0.6 is 0 Å². The number of amides is 1. The Morgan fingerprint density at radius 3 is 2.73 bits per heavy atom. The zero-order valence-corrected chi connectivity index (χ0v) is 5.95. The van der Waals surface area contributed by atoms with Gasteiger partial charge in [-0.05, 0) is 11.6 Å². The van der Waals surface area contributed by atoms with Crippen molar-refractivity contribution in [1.82, 2.24) is 4.98 Å². The van der Waals surface area contributed by atoms with E-state index in [-0.39, 0.29) is 5.69 Å². The fourth-order valence-corrected chi connectivity index (χ4v) is 0.672. The van der Waals surface area contributed by atoms with E-state index in [2.05, 4.69) is 11.6 Å². The fourth-order valence-electron chi connectivity index (χ4n) is 0.672. The molecule has 0 aliphatic carbocycles. The molecule has 3 heteroatoms. The highest BCUT2D eigenvalue weighted by Gasteiger charge is 1.98. The van der Waals surface area contributed by atoms with Crippen molar-refractivity contribution in [3.8, 4) is 0 Å². The van der Waals surface area contributed by atoms with Gasteiger partial charge >= 0.3 is 0 Å². The quantitative estimate of drug-likeness (QED) is 0.675. The second kappa shape index (κ2) is 2.96. The minimum absolute atomic E-state index is 0.274. The molecule has 1 heterocycles. The molecular formula is C8H8N2O. The second-order valence-electron chi connectivity index (χ2n) is 2.05. The third-order valence-corrected chi connectivity index (χ3v) is 1.27. The summed E-state index contributed by atoms with van der Waals surface area (Å²) in [7, 11) is 0. The van der Waals surface area contributed by atoms with Crippen molar-refractivity contribution >= 4 is 12.0 Å². The van der Waals surface area contributed by atoms with Gasteiger partial charge in [0.2, 0.25) is 0 Å². The van der Waals surface area contributed by atoms with Crippen molar-refractivity contribution in [3.05, 3.63) is 36.2 Å². The predicted molar refractivity (Wildman–Crippen MR) is 42.8 cm³/mol. The van der Waals surface area contributed by atoms with E-state index in [4.69, 9.17) is 5.73 Å². The number of primary amides is 1. The molecule has 0 radical (unpaired) electrons. The Morgan fingerprint density at radius 1 is 1.64 bits per heavy atom. The monoisotopic (exact) mass is 148 g/mol. The van der Waals surface area contributed by atoms with Crippen LogP contribution in [0.15, 0.2) is 24.9 Å². The Kier molecular flexibility index (Phi) is 2.01. The number of hydrogen-bond donors (Lipinski definition) is 1. The molecule has 0 bridgehead atoms. The average Bonchev–Trinajstić information content (AvgIpc) is 2.05. The number of nitrogens with two attached hydrogens (primary N) is 1. The Morgan fingerprint density at radius 2 is 2.36 bits per heavy atom. The molecule has 0 aliphatic heterocycles. The minimum atomic E-state index is -0.513. The first-order valence-corrected chi connectivity index (χ1v) is 3.12. The van der Waals surface area contributed by atoms with Crippen molar-refractivity contribution in [3.63, 3.8) is 0 Å². The van der Waals surface area contributed by atoms with Crippen LogP contribution in [0, 0.1) is 0 Å². The van der Waals surface area contributed by atoms with Crippen LogP contribution in [0.3, 0.4) is 0 Å². The van der Waals surface area contributed by atoms with Gasteiger partial charge in [-0.25, -0.2) is 0 Å². The normalized spacial score (nSPS) is 9.09. The van der Waals surface area contributed by atoms with E-state index in [9.17, 15) is 4.79 Å². The first-order valence-electron chi connectivity index (χ1n) is 3.12. The van der Waals surface area contributed by atoms with E-state index in [0.717, 1.165) is 5.56 Å². The largest absolute Gasteiger partial charge is 0.364 e. The highest BCUT2D eigenvalue weighted by molar-refractivity contribution is 5.90. The lowest BCUT2D eigenvalue weighted by Crippen LogP contribution is -2.12. The summed E-state index contributed by atoms with van der Waals surface area (Å²) in [4.78, 5) is 14.3. The smallest absolute Gasteiger partial charge is 0.267 e. The molecule has 0 saturated carbocycles. The molecule has 1 aromatic heterocycles. The fraction of sp³-hybridized carbons (Fsp3) is 0. The molecule has 0 aliphatic rings. The molecule has 1 rings (SSSR count). The molecule has 0 unspecified atom stereocenters. The average molecular weight is 148 g/mol. The van der Waals surface area contributed by atoms with Crippen LogP contribution in [0.2, 0.25) is 0 Å². The third-order valence-electron chi connectivity index (χ3n) is 1.27. The van der Waals surface area contributed by atoms with Gasteiger partial charge in [-0.3, -0.25) is 9.78 Å². The van der Waals surface area contributed by atoms with Gasteiger partial charge in [-0.15, -0.1) is 0 Å². The lowest BCUT2D eigenvalue weighted by molar-refractivity contribution is 0.0995. The van der Waals surface area contributed by atoms with Gasteiger partial charge in [0.1, 0.15) is 5.69 Å². The number of nitrogens with zero attached hydrogens (tertiary/aromatic N) is 1. The van der Waals surface area contributed by atoms with Crippen LogP contribution in [-0.4, -0.2) is 10.9 Å². The SMILES string of the molecule is C=Cc1ccc(C(N)=O)nc1. The van der Waals surface area contributed by atoms with Gasteiger partial charge in [-0.2, -0.15) is 0 Å². The number of aromatic nitrogens is 1. The summed E-state index contributed by atoms with van der Waals surface area (Å²) in [5.74, 6) is -0.513. The molecule has 3 nitrogen and oxygen atoms in total. The maximum atomic E-state index is 10.5. The molecular weight excluding hydrogens is 140 g/mol. The summed E-state index contributed by atoms with van der Waals surface area (Å²) in [5.41, 5.74) is 6.12. The summed E-state index contributed by atoms with van der Waals surface area (Å²) >= 11 is 0. The van der Waals surface area contributed by atoms with Gasteiger partial charge in [-0.1, -0.05) is 18.7 Å². The van der Waals surface area contributed by atoms with Gasteiger partial charge in [0, 0.05) is 6.20 Å². The van der Waals surface area contributed by atoms with Crippen molar-refractivity contribution in [2.45, 2.75) is 0 Å². The summed E-state index contributed by atoms with van der Waals surface area (Å²) in [5, 5.41) is 0. The van der Waals surface area contributed by atoms with Gasteiger partial charge in [0.25, 0.3) is 5.91 Å². The molecule has 0 aromatic carbocycles. The van der Waals surface area contributed by atoms with Crippen molar-refractivity contribution in [2.75, 3.05) is 0 Å². The van der Waals surface area contributed by atoms with Crippen LogP contribution in [-0.2, 0) is 0 Å². The van der Waals surface area contributed by atoms with Crippen LogP contribution in [0.25, 0.3) is 6.08 Å². The van der Waals surface area contributed by atoms with Crippen LogP contribution in [0.1, 0.15) is 16.1 Å². The molecule has 1 aromatic rings. The van der Waals surface area contributed by atoms with Gasteiger partial charge in [0.15, 0.2) is 0 Å². The number of pyridine rings is 1. The first-order chi connectivity index (χ1) is 5.24. The van der Waals surface area contributed by atoms with Crippen molar-refractivity contribution in [1.29, 1.82) is 0 Å². The zero-order valence-electron chi connectivity index (χ0n) is 5.95. The predicted octanol–water partition coefficient (Wildman–Crippen LogP) is 0.824. The summed E-state index contributed by atoms with van der Waals surface area (Å²) in [6.45, 7) is 3.55. The minimum Gasteiger partial charge on any atom is -0.364 e. The molecule has 56 valence electrons. The van der Waals surface area contributed by atoms with E-state index < -0.39 is 5.91 Å². The number of rotatable bonds is 2. The van der Waals surface area contributed by atoms with Crippen molar-refractivity contribution < 1.29 is 4.79 Å². The second-order valence-corrected chi connectivity index (χ2v) is 2.05. The first kappa shape index (κ1) is 7.47. The Labute approximate surface area is 64.6 Å². The molecule has 0 saturated heterocycles. The third kappa shape index (κ3) is 1.64. The van der Waals surface area contributed by atoms with E-state index >= 15 is 0 Å². The van der Waals surface area contributed by atoms with E-state index in [0.29, 0.717) is 0 Å². The molecule has 0 atom stereocenters. The van der Waals surface area contributed by atoms with E-state index in [1.54, 1.807) is 24.4 Å². The number of hydrogen-bond acceptors (Lipinski definition) is 2. The Bertz CT molecular complexity index is 277. The summed E-state index contributed by atoms with van der Waals surface area (Å²) in [6, 6.07) is 3.30. The lowest BCUT2D eigenvalue weighted by Gasteiger charge is -1.93. The summed E-state index contributed by atoms with van der Waals surface area (Å²) < 4.78 is 0. The highest BCUT2D eigenvalue weighted by atomic mass is 16.1. The summed E-state index contributed by atoms with van der Waals surface area (Å²) in [6.07, 6.45) is 3.20. The van der Waals surface area contributed by atoms with Crippen LogP contribution < -0.4 is 5.73 Å². The van der Waals surface area contributed by atoms with E-state index in [1.165, 1.54) is 0 Å². The standard InChI is InChI=1S/C8H8N2O/c1-2-6-3-4-7(8(9)11)10-5-6/h2-5H,1H2,(H2,9,11). The molecule has 11 heavy (non-hydrogen) atoms. The van der Waals surface area contributed by atoms with Crippen molar-refractivity contribution in [2.24, 2.45) is 5.73 Å². The molecule has 2 N–H and O–H groups in total. The maximum Gasteiger partial charge on any atom is 0.267 e. The van der Waals surface area contributed by atoms with Gasteiger partial charge < -0.3 is 5.73 Å². The molecule has 0 spiro atoms. The Balaban J connectivity index is 3.00. The van der Waals surface area contributed by atoms with Gasteiger partial charge in [0.05, 0.1) is 0 Å². The molecule has 0 fully saturated rings. The number of carbonyl (C=O) groups is 1. The topological polar surface area (TPSA) is 56.0 Å². The number of carbonyl (C=O) groups excluding carboxylic acids is 1. The van der Waals surface area contributed by atoms with Crippen LogP contribution in [0.5, 0.6) is 0 Å². The maximum absolute atomic E-state index is 10.5. The van der Waals surface area contributed by atoms with Crippen LogP contribution in [0.4, 0.5) is 0 Å². The lowest BCUT2D eigenvalue weighted by atomic mass is 10.2.